The van der Waals surface area contributed by atoms with Gasteiger partial charge in [-0.05, 0) is 30.5 Å². The number of rotatable bonds is 2. The Labute approximate surface area is 85.0 Å². The van der Waals surface area contributed by atoms with Crippen molar-refractivity contribution in [1.82, 2.24) is 5.32 Å². The SMILES string of the molecule is Cc1cccc(CC2(O)CNC2)c1C. The lowest BCUT2D eigenvalue weighted by atomic mass is 9.86. The molecule has 14 heavy (non-hydrogen) atoms. The van der Waals surface area contributed by atoms with Gasteiger partial charge in [0.1, 0.15) is 0 Å². The number of aryl methyl sites for hydroxylation is 1. The molecule has 1 heterocycles. The molecule has 0 radical (unpaired) electrons. The quantitative estimate of drug-likeness (QED) is 0.735. The highest BCUT2D eigenvalue weighted by atomic mass is 16.3. The normalized spacial score (nSPS) is 19.1. The molecule has 0 spiro atoms. The van der Waals surface area contributed by atoms with Crippen molar-refractivity contribution in [1.29, 1.82) is 0 Å². The second-order valence-electron chi connectivity index (χ2n) is 4.36. The smallest absolute Gasteiger partial charge is 0.0935 e. The predicted molar refractivity (Wildman–Crippen MR) is 57.4 cm³/mol. The van der Waals surface area contributed by atoms with Crippen LogP contribution in [0.5, 0.6) is 0 Å². The standard InChI is InChI=1S/C12H17NO/c1-9-4-3-5-11(10(9)2)6-12(14)7-13-8-12/h3-5,13-14H,6-8H2,1-2H3. The minimum absolute atomic E-state index is 0.501. The van der Waals surface area contributed by atoms with Gasteiger partial charge in [0.25, 0.3) is 0 Å². The number of nitrogens with one attached hydrogen (secondary N) is 1. The van der Waals surface area contributed by atoms with Gasteiger partial charge >= 0.3 is 0 Å². The van der Waals surface area contributed by atoms with E-state index in [1.165, 1.54) is 16.7 Å². The molecule has 1 aliphatic rings. The van der Waals surface area contributed by atoms with Gasteiger partial charge in [0, 0.05) is 19.5 Å². The molecular weight excluding hydrogens is 174 g/mol. The Morgan fingerprint density at radius 1 is 1.36 bits per heavy atom. The third-order valence-corrected chi connectivity index (χ3v) is 3.14. The number of aliphatic hydroxyl groups is 1. The van der Waals surface area contributed by atoms with E-state index < -0.39 is 5.60 Å². The molecule has 0 saturated carbocycles. The maximum atomic E-state index is 10.0. The lowest BCUT2D eigenvalue weighted by Gasteiger charge is -2.38. The summed E-state index contributed by atoms with van der Waals surface area (Å²) in [7, 11) is 0. The monoisotopic (exact) mass is 191 g/mol. The number of benzene rings is 1. The van der Waals surface area contributed by atoms with Gasteiger partial charge < -0.3 is 10.4 Å². The molecule has 2 rings (SSSR count). The van der Waals surface area contributed by atoms with Crippen molar-refractivity contribution < 1.29 is 5.11 Å². The molecule has 0 bridgehead atoms. The summed E-state index contributed by atoms with van der Waals surface area (Å²) < 4.78 is 0. The van der Waals surface area contributed by atoms with Crippen LogP contribution in [-0.4, -0.2) is 23.8 Å². The molecule has 2 N–H and O–H groups in total. The number of β-amino-alcohol motifs (C(OH)–C–C–N with tert-alkyl or cyclic N) is 1. The summed E-state index contributed by atoms with van der Waals surface area (Å²) in [5.41, 5.74) is 3.39. The minimum atomic E-state index is -0.501. The maximum absolute atomic E-state index is 10.0. The van der Waals surface area contributed by atoms with Crippen molar-refractivity contribution in [2.75, 3.05) is 13.1 Å². The largest absolute Gasteiger partial charge is 0.387 e. The lowest BCUT2D eigenvalue weighted by Crippen LogP contribution is -2.60. The third-order valence-electron chi connectivity index (χ3n) is 3.14. The van der Waals surface area contributed by atoms with Crippen LogP contribution in [0.2, 0.25) is 0 Å². The molecule has 0 aromatic heterocycles. The summed E-state index contributed by atoms with van der Waals surface area (Å²) in [5.74, 6) is 0. The third kappa shape index (κ3) is 1.68. The van der Waals surface area contributed by atoms with Gasteiger partial charge in [0.05, 0.1) is 5.60 Å². The highest BCUT2D eigenvalue weighted by molar-refractivity contribution is 5.34. The van der Waals surface area contributed by atoms with E-state index in [1.807, 2.05) is 0 Å². The van der Waals surface area contributed by atoms with E-state index >= 15 is 0 Å². The molecule has 0 atom stereocenters. The molecule has 0 unspecified atom stereocenters. The zero-order valence-corrected chi connectivity index (χ0v) is 8.80. The van der Waals surface area contributed by atoms with E-state index in [9.17, 15) is 5.11 Å². The summed E-state index contributed by atoms with van der Waals surface area (Å²) in [6, 6.07) is 6.29. The van der Waals surface area contributed by atoms with Gasteiger partial charge in [-0.25, -0.2) is 0 Å². The summed E-state index contributed by atoms with van der Waals surface area (Å²) in [4.78, 5) is 0. The van der Waals surface area contributed by atoms with Crippen molar-refractivity contribution in [2.24, 2.45) is 0 Å². The number of hydrogen-bond acceptors (Lipinski definition) is 2. The molecule has 1 aliphatic heterocycles. The summed E-state index contributed by atoms with van der Waals surface area (Å²) in [6.07, 6.45) is 0.771. The van der Waals surface area contributed by atoms with E-state index in [0.717, 1.165) is 19.5 Å². The van der Waals surface area contributed by atoms with Gasteiger partial charge in [0.2, 0.25) is 0 Å². The summed E-state index contributed by atoms with van der Waals surface area (Å²) in [5, 5.41) is 13.1. The van der Waals surface area contributed by atoms with Crippen LogP contribution in [0, 0.1) is 13.8 Å². The van der Waals surface area contributed by atoms with Crippen LogP contribution in [0.1, 0.15) is 16.7 Å². The Bertz CT molecular complexity index is 342. The molecule has 1 fully saturated rings. The first-order chi connectivity index (χ1) is 6.61. The first-order valence-corrected chi connectivity index (χ1v) is 5.09. The van der Waals surface area contributed by atoms with Gasteiger partial charge in [-0.1, -0.05) is 18.2 Å². The molecule has 1 aromatic carbocycles. The Balaban J connectivity index is 2.20. The molecule has 2 nitrogen and oxygen atoms in total. The first kappa shape index (κ1) is 9.69. The van der Waals surface area contributed by atoms with E-state index in [-0.39, 0.29) is 0 Å². The van der Waals surface area contributed by atoms with Gasteiger partial charge in [-0.2, -0.15) is 0 Å². The Kier molecular flexibility index (Phi) is 2.33. The Morgan fingerprint density at radius 2 is 2.07 bits per heavy atom. The second kappa shape index (κ2) is 3.37. The van der Waals surface area contributed by atoms with Gasteiger partial charge in [-0.15, -0.1) is 0 Å². The van der Waals surface area contributed by atoms with E-state index in [0.29, 0.717) is 0 Å². The molecule has 76 valence electrons. The van der Waals surface area contributed by atoms with Crippen LogP contribution in [0.4, 0.5) is 0 Å². The molecule has 1 saturated heterocycles. The molecule has 2 heteroatoms. The van der Waals surface area contributed by atoms with E-state index in [4.69, 9.17) is 0 Å². The van der Waals surface area contributed by atoms with Crippen molar-refractivity contribution in [2.45, 2.75) is 25.9 Å². The van der Waals surface area contributed by atoms with Crippen molar-refractivity contribution in [3.63, 3.8) is 0 Å². The van der Waals surface area contributed by atoms with Crippen LogP contribution in [-0.2, 0) is 6.42 Å². The van der Waals surface area contributed by atoms with E-state index in [1.54, 1.807) is 0 Å². The second-order valence-corrected chi connectivity index (χ2v) is 4.36. The predicted octanol–water partition coefficient (Wildman–Crippen LogP) is 1.18. The highest BCUT2D eigenvalue weighted by Crippen LogP contribution is 2.21. The lowest BCUT2D eigenvalue weighted by molar-refractivity contribution is -0.00914. The van der Waals surface area contributed by atoms with Crippen LogP contribution in [0.25, 0.3) is 0 Å². The Hall–Kier alpha value is -0.860. The first-order valence-electron chi connectivity index (χ1n) is 5.09. The van der Waals surface area contributed by atoms with Crippen molar-refractivity contribution >= 4 is 0 Å². The van der Waals surface area contributed by atoms with Crippen LogP contribution in [0.3, 0.4) is 0 Å². The molecule has 0 amide bonds. The van der Waals surface area contributed by atoms with Gasteiger partial charge in [0.15, 0.2) is 0 Å². The topological polar surface area (TPSA) is 32.3 Å². The average Bonchev–Trinajstić information content (AvgIpc) is 2.10. The fourth-order valence-corrected chi connectivity index (χ4v) is 1.90. The highest BCUT2D eigenvalue weighted by Gasteiger charge is 2.34. The molecule has 1 aromatic rings. The maximum Gasteiger partial charge on any atom is 0.0935 e. The average molecular weight is 191 g/mol. The Morgan fingerprint density at radius 3 is 2.64 bits per heavy atom. The summed E-state index contributed by atoms with van der Waals surface area (Å²) >= 11 is 0. The van der Waals surface area contributed by atoms with Gasteiger partial charge in [-0.3, -0.25) is 0 Å². The fraction of sp³-hybridized carbons (Fsp3) is 0.500. The summed E-state index contributed by atoms with van der Waals surface area (Å²) in [6.45, 7) is 5.68. The van der Waals surface area contributed by atoms with Crippen molar-refractivity contribution in [3.05, 3.63) is 34.9 Å². The van der Waals surface area contributed by atoms with E-state index in [2.05, 4.69) is 37.4 Å². The minimum Gasteiger partial charge on any atom is -0.387 e. The number of hydrogen-bond donors (Lipinski definition) is 2. The van der Waals surface area contributed by atoms with Crippen LogP contribution < -0.4 is 5.32 Å². The molecular formula is C12H17NO. The van der Waals surface area contributed by atoms with Crippen molar-refractivity contribution in [3.8, 4) is 0 Å². The van der Waals surface area contributed by atoms with Crippen LogP contribution in [0.15, 0.2) is 18.2 Å². The molecule has 0 aliphatic carbocycles. The van der Waals surface area contributed by atoms with Crippen LogP contribution >= 0.6 is 0 Å². The zero-order chi connectivity index (χ0) is 10.2. The zero-order valence-electron chi connectivity index (χ0n) is 8.80. The fourth-order valence-electron chi connectivity index (χ4n) is 1.90.